The van der Waals surface area contributed by atoms with Gasteiger partial charge >= 0.3 is 0 Å². The predicted octanol–water partition coefficient (Wildman–Crippen LogP) is 10.2. The van der Waals surface area contributed by atoms with Crippen LogP contribution in [-0.4, -0.2) is 4.57 Å². The number of rotatable bonds is 4. The summed E-state index contributed by atoms with van der Waals surface area (Å²) in [6, 6.07) is 44.3. The van der Waals surface area contributed by atoms with E-state index in [1.54, 1.807) is 0 Å². The molecule has 2 nitrogen and oxygen atoms in total. The minimum absolute atomic E-state index is 0.147. The van der Waals surface area contributed by atoms with Crippen LogP contribution in [0.3, 0.4) is 0 Å². The van der Waals surface area contributed by atoms with Crippen LogP contribution in [0.2, 0.25) is 0 Å². The molecule has 2 heteroatoms. The van der Waals surface area contributed by atoms with Crippen molar-refractivity contribution in [2.45, 2.75) is 31.2 Å². The molecule has 8 rings (SSSR count). The number of fused-ring (bicyclic) bond motifs is 5. The van der Waals surface area contributed by atoms with E-state index >= 15 is 0 Å². The van der Waals surface area contributed by atoms with E-state index in [-0.39, 0.29) is 11.5 Å². The van der Waals surface area contributed by atoms with Crippen molar-refractivity contribution in [2.24, 2.45) is 0 Å². The lowest BCUT2D eigenvalue weighted by atomic mass is 9.68. The highest BCUT2D eigenvalue weighted by Crippen LogP contribution is 2.57. The van der Waals surface area contributed by atoms with Crippen LogP contribution in [-0.2, 0) is 5.41 Å². The number of para-hydroxylation sites is 1. The zero-order chi connectivity index (χ0) is 27.4. The molecule has 0 bridgehead atoms. The van der Waals surface area contributed by atoms with E-state index in [1.165, 1.54) is 61.0 Å². The molecule has 2 heterocycles. The van der Waals surface area contributed by atoms with Crippen molar-refractivity contribution < 1.29 is 0 Å². The summed E-state index contributed by atoms with van der Waals surface area (Å²) in [5.74, 6) is 0. The summed E-state index contributed by atoms with van der Waals surface area (Å²) in [5.41, 5.74) is 11.4. The fourth-order valence-electron chi connectivity index (χ4n) is 7.28. The van der Waals surface area contributed by atoms with Gasteiger partial charge in [0.05, 0.1) is 17.1 Å². The molecule has 6 aromatic rings. The quantitative estimate of drug-likeness (QED) is 0.241. The van der Waals surface area contributed by atoms with Crippen molar-refractivity contribution >= 4 is 27.5 Å². The van der Waals surface area contributed by atoms with Crippen molar-refractivity contribution in [3.63, 3.8) is 0 Å². The summed E-state index contributed by atoms with van der Waals surface area (Å²) in [5, 5.41) is 6.69. The largest absolute Gasteiger partial charge is 0.376 e. The molecule has 2 unspecified atom stereocenters. The Kier molecular flexibility index (Phi) is 5.50. The number of nitrogens with one attached hydrogen (secondary N) is 1. The Morgan fingerprint density at radius 3 is 2.29 bits per heavy atom. The first-order valence-electron chi connectivity index (χ1n) is 14.6. The van der Waals surface area contributed by atoms with E-state index in [0.717, 1.165) is 12.8 Å². The lowest BCUT2D eigenvalue weighted by Gasteiger charge is -2.36. The van der Waals surface area contributed by atoms with Gasteiger partial charge in [0.1, 0.15) is 0 Å². The summed E-state index contributed by atoms with van der Waals surface area (Å²) >= 11 is 0. The van der Waals surface area contributed by atoms with E-state index in [9.17, 15) is 0 Å². The zero-order valence-electron chi connectivity index (χ0n) is 23.2. The van der Waals surface area contributed by atoms with E-state index in [4.69, 9.17) is 0 Å². The third-order valence-corrected chi connectivity index (χ3v) is 9.29. The molecule has 5 aromatic carbocycles. The summed E-state index contributed by atoms with van der Waals surface area (Å²) in [6.07, 6.45) is 9.07. The predicted molar refractivity (Wildman–Crippen MR) is 173 cm³/mol. The molecule has 198 valence electrons. The smallest absolute Gasteiger partial charge is 0.0646 e. The average Bonchev–Trinajstić information content (AvgIpc) is 3.55. The number of nitrogens with zero attached hydrogens (tertiary/aromatic N) is 1. The summed E-state index contributed by atoms with van der Waals surface area (Å²) < 4.78 is 2.44. The van der Waals surface area contributed by atoms with Gasteiger partial charge in [0.2, 0.25) is 0 Å². The first-order valence-corrected chi connectivity index (χ1v) is 14.6. The van der Waals surface area contributed by atoms with Crippen molar-refractivity contribution in [1.82, 2.24) is 4.57 Å². The Bertz CT molecular complexity index is 1980. The molecular formula is C39H32N2. The highest BCUT2D eigenvalue weighted by atomic mass is 15.0. The first kappa shape index (κ1) is 24.0. The number of anilines is 1. The van der Waals surface area contributed by atoms with Crippen molar-refractivity contribution in [3.05, 3.63) is 156 Å². The van der Waals surface area contributed by atoms with E-state index < -0.39 is 0 Å². The molecule has 0 saturated heterocycles. The molecule has 0 radical (unpaired) electrons. The van der Waals surface area contributed by atoms with Gasteiger partial charge in [0, 0.05) is 27.6 Å². The minimum atomic E-state index is -0.147. The number of allylic oxidation sites excluding steroid dienone is 3. The van der Waals surface area contributed by atoms with Gasteiger partial charge in [-0.05, 0) is 66.3 Å². The second-order valence-electron chi connectivity index (χ2n) is 11.5. The van der Waals surface area contributed by atoms with Crippen molar-refractivity contribution in [3.8, 4) is 16.8 Å². The Balaban J connectivity index is 1.39. The van der Waals surface area contributed by atoms with E-state index in [1.807, 2.05) is 0 Å². The fourth-order valence-corrected chi connectivity index (χ4v) is 7.28. The van der Waals surface area contributed by atoms with Crippen LogP contribution in [0.4, 0.5) is 5.69 Å². The number of hydrogen-bond donors (Lipinski definition) is 1. The summed E-state index contributed by atoms with van der Waals surface area (Å²) in [7, 11) is 0. The monoisotopic (exact) mass is 528 g/mol. The fraction of sp³-hybridized carbons (Fsp3) is 0.128. The van der Waals surface area contributed by atoms with E-state index in [2.05, 4.69) is 156 Å². The van der Waals surface area contributed by atoms with Crippen LogP contribution in [0.1, 0.15) is 36.9 Å². The molecule has 0 spiro atoms. The van der Waals surface area contributed by atoms with Crippen LogP contribution in [0, 0.1) is 0 Å². The summed E-state index contributed by atoms with van der Waals surface area (Å²) in [4.78, 5) is 0. The van der Waals surface area contributed by atoms with Gasteiger partial charge in [-0.15, -0.1) is 0 Å². The normalized spacial score (nSPS) is 19.7. The first-order chi connectivity index (χ1) is 20.2. The molecule has 1 N–H and O–H groups in total. The maximum absolute atomic E-state index is 4.10. The SMILES string of the molecule is CC1(C2=CC=CCC2)c2ccc3c(c2NC1c1ccccc1)c1ccccc1n3-c1cccc(-c2ccccc2)c1. The number of hydrogen-bond acceptors (Lipinski definition) is 1. The molecule has 1 aromatic heterocycles. The van der Waals surface area contributed by atoms with Gasteiger partial charge in [-0.2, -0.15) is 0 Å². The van der Waals surface area contributed by atoms with Gasteiger partial charge in [-0.25, -0.2) is 0 Å². The van der Waals surface area contributed by atoms with Crippen LogP contribution in [0.5, 0.6) is 0 Å². The third-order valence-electron chi connectivity index (χ3n) is 9.29. The molecule has 2 atom stereocenters. The van der Waals surface area contributed by atoms with Gasteiger partial charge in [-0.1, -0.05) is 121 Å². The molecule has 1 aliphatic carbocycles. The lowest BCUT2D eigenvalue weighted by molar-refractivity contribution is 0.484. The molecular weight excluding hydrogens is 496 g/mol. The van der Waals surface area contributed by atoms with Crippen molar-refractivity contribution in [1.29, 1.82) is 0 Å². The van der Waals surface area contributed by atoms with E-state index in [0.29, 0.717) is 0 Å². The Morgan fingerprint density at radius 1 is 0.732 bits per heavy atom. The van der Waals surface area contributed by atoms with Crippen LogP contribution in [0.25, 0.3) is 38.6 Å². The molecule has 41 heavy (non-hydrogen) atoms. The average molecular weight is 529 g/mol. The highest BCUT2D eigenvalue weighted by molar-refractivity contribution is 6.16. The molecule has 0 saturated carbocycles. The topological polar surface area (TPSA) is 17.0 Å². The number of benzene rings is 5. The molecule has 2 aliphatic rings. The minimum Gasteiger partial charge on any atom is -0.376 e. The van der Waals surface area contributed by atoms with Gasteiger partial charge in [-0.3, -0.25) is 0 Å². The molecule has 0 amide bonds. The third kappa shape index (κ3) is 3.64. The number of aromatic nitrogens is 1. The van der Waals surface area contributed by atoms with Crippen LogP contribution >= 0.6 is 0 Å². The molecule has 0 fully saturated rings. The van der Waals surface area contributed by atoms with Gasteiger partial charge < -0.3 is 9.88 Å². The zero-order valence-corrected chi connectivity index (χ0v) is 23.2. The second-order valence-corrected chi connectivity index (χ2v) is 11.5. The Labute approximate surface area is 241 Å². The van der Waals surface area contributed by atoms with Gasteiger partial charge in [0.15, 0.2) is 0 Å². The molecule has 1 aliphatic heterocycles. The van der Waals surface area contributed by atoms with Crippen LogP contribution < -0.4 is 5.32 Å². The van der Waals surface area contributed by atoms with Crippen LogP contribution in [0.15, 0.2) is 145 Å². The lowest BCUT2D eigenvalue weighted by Crippen LogP contribution is -2.31. The second kappa shape index (κ2) is 9.38. The Morgan fingerprint density at radius 2 is 1.49 bits per heavy atom. The maximum atomic E-state index is 4.10. The highest BCUT2D eigenvalue weighted by Gasteiger charge is 2.47. The van der Waals surface area contributed by atoms with Gasteiger partial charge in [0.25, 0.3) is 0 Å². The maximum Gasteiger partial charge on any atom is 0.0646 e. The standard InChI is InChI=1S/C39H32N2/c1-39(30-19-9-4-10-20-30)33-24-25-35-36(37(33)40-38(39)28-16-7-3-8-17-28)32-22-11-12-23-34(32)41(35)31-21-13-18-29(26-31)27-14-5-2-6-15-27/h2-9,11-19,21-26,38,40H,10,20H2,1H3. The Hall–Kier alpha value is -4.82. The summed E-state index contributed by atoms with van der Waals surface area (Å²) in [6.45, 7) is 2.45. The van der Waals surface area contributed by atoms with Crippen molar-refractivity contribution in [2.75, 3.05) is 5.32 Å².